The molecule has 138 valence electrons. The number of hydrogen-bond donors (Lipinski definition) is 2. The maximum absolute atomic E-state index is 12.7. The zero-order valence-corrected chi connectivity index (χ0v) is 15.8. The van der Waals surface area contributed by atoms with Gasteiger partial charge in [0.1, 0.15) is 0 Å². The average molecular weight is 373 g/mol. The Kier molecular flexibility index (Phi) is 4.23. The normalized spacial score (nSPS) is 23.5. The third kappa shape index (κ3) is 2.53. The fourth-order valence-corrected chi connectivity index (χ4v) is 4.52. The summed E-state index contributed by atoms with van der Waals surface area (Å²) in [5.74, 6) is -0.113. The summed E-state index contributed by atoms with van der Waals surface area (Å²) in [6, 6.07) is 5.25. The monoisotopic (exact) mass is 373 g/mol. The number of aromatic amines is 1. The number of nitrogens with zero attached hydrogens (tertiary/aromatic N) is 1. The molecule has 2 fully saturated rings. The van der Waals surface area contributed by atoms with Gasteiger partial charge in [0.15, 0.2) is 4.77 Å². The van der Waals surface area contributed by atoms with Gasteiger partial charge in [-0.05, 0) is 56.6 Å². The highest BCUT2D eigenvalue weighted by Gasteiger charge is 2.59. The largest absolute Gasteiger partial charge is 0.378 e. The van der Waals surface area contributed by atoms with Crippen LogP contribution in [0.4, 0.5) is 0 Å². The first-order chi connectivity index (χ1) is 12.5. The molecule has 1 spiro atoms. The Morgan fingerprint density at radius 2 is 2.23 bits per heavy atom. The fourth-order valence-electron chi connectivity index (χ4n) is 4.33. The smallest absolute Gasteiger partial charge is 0.261 e. The lowest BCUT2D eigenvalue weighted by Gasteiger charge is -2.61. The second-order valence-corrected chi connectivity index (χ2v) is 7.73. The van der Waals surface area contributed by atoms with Crippen LogP contribution in [-0.4, -0.2) is 34.2 Å². The number of H-pyrrole nitrogens is 1. The van der Waals surface area contributed by atoms with E-state index in [0.717, 1.165) is 19.3 Å². The maximum atomic E-state index is 12.7. The van der Waals surface area contributed by atoms with Gasteiger partial charge in [-0.2, -0.15) is 0 Å². The first kappa shape index (κ1) is 17.4. The van der Waals surface area contributed by atoms with Crippen LogP contribution in [-0.2, 0) is 11.8 Å². The molecule has 0 saturated heterocycles. The second kappa shape index (κ2) is 6.32. The number of nitrogens with one attached hydrogen (secondary N) is 2. The van der Waals surface area contributed by atoms with E-state index in [1.807, 2.05) is 6.92 Å². The molecular weight excluding hydrogens is 350 g/mol. The van der Waals surface area contributed by atoms with Crippen molar-refractivity contribution >= 4 is 29.0 Å². The van der Waals surface area contributed by atoms with E-state index in [-0.39, 0.29) is 29.0 Å². The van der Waals surface area contributed by atoms with Crippen molar-refractivity contribution in [3.05, 3.63) is 38.9 Å². The van der Waals surface area contributed by atoms with Gasteiger partial charge in [0.2, 0.25) is 0 Å². The molecule has 0 radical (unpaired) electrons. The molecule has 1 aromatic carbocycles. The molecule has 1 amide bonds. The minimum atomic E-state index is -0.164. The minimum absolute atomic E-state index is 0.113. The zero-order valence-electron chi connectivity index (χ0n) is 15.0. The van der Waals surface area contributed by atoms with Crippen molar-refractivity contribution in [2.24, 2.45) is 12.5 Å². The van der Waals surface area contributed by atoms with E-state index in [1.54, 1.807) is 25.2 Å². The fraction of sp³-hybridized carbons (Fsp3) is 0.526. The molecule has 0 unspecified atom stereocenters. The summed E-state index contributed by atoms with van der Waals surface area (Å²) in [5, 5.41) is 3.70. The van der Waals surface area contributed by atoms with Crippen molar-refractivity contribution in [3.8, 4) is 0 Å². The summed E-state index contributed by atoms with van der Waals surface area (Å²) in [6.45, 7) is 2.73. The quantitative estimate of drug-likeness (QED) is 0.808. The highest BCUT2D eigenvalue weighted by Crippen LogP contribution is 2.57. The molecule has 2 aliphatic carbocycles. The van der Waals surface area contributed by atoms with Gasteiger partial charge in [-0.15, -0.1) is 0 Å². The number of aromatic nitrogens is 2. The Labute approximate surface area is 156 Å². The molecule has 2 atom stereocenters. The summed E-state index contributed by atoms with van der Waals surface area (Å²) in [5.41, 5.74) is 1.08. The van der Waals surface area contributed by atoms with Crippen LogP contribution in [0.5, 0.6) is 0 Å². The lowest BCUT2D eigenvalue weighted by Crippen LogP contribution is -2.67. The highest BCUT2D eigenvalue weighted by atomic mass is 32.1. The lowest BCUT2D eigenvalue weighted by atomic mass is 9.51. The van der Waals surface area contributed by atoms with Gasteiger partial charge in [0, 0.05) is 30.7 Å². The lowest BCUT2D eigenvalue weighted by molar-refractivity contribution is -0.169. The molecule has 2 aliphatic rings. The third-order valence-corrected chi connectivity index (χ3v) is 6.48. The first-order valence-electron chi connectivity index (χ1n) is 9.12. The van der Waals surface area contributed by atoms with Gasteiger partial charge in [-0.25, -0.2) is 0 Å². The van der Waals surface area contributed by atoms with Gasteiger partial charge < -0.3 is 15.0 Å². The SMILES string of the molecule is CCO[C@H]1C[C@H](NC(=O)c2ccc3c(=O)n(C)c(=S)[nH]c3c2)C12CCC2. The van der Waals surface area contributed by atoms with Crippen LogP contribution in [0.1, 0.15) is 43.0 Å². The number of rotatable bonds is 4. The predicted octanol–water partition coefficient (Wildman–Crippen LogP) is 2.67. The molecule has 1 aromatic heterocycles. The Morgan fingerprint density at radius 3 is 2.88 bits per heavy atom. The van der Waals surface area contributed by atoms with Crippen molar-refractivity contribution in [1.29, 1.82) is 0 Å². The van der Waals surface area contributed by atoms with Crippen LogP contribution < -0.4 is 10.9 Å². The molecular formula is C19H23N3O3S. The van der Waals surface area contributed by atoms with Crippen molar-refractivity contribution in [3.63, 3.8) is 0 Å². The van der Waals surface area contributed by atoms with Crippen molar-refractivity contribution in [2.45, 2.75) is 44.8 Å². The number of carbonyl (C=O) groups is 1. The average Bonchev–Trinajstić information content (AvgIpc) is 2.56. The molecule has 2 aromatic rings. The summed E-state index contributed by atoms with van der Waals surface area (Å²) < 4.78 is 7.57. The standard InChI is InChI=1S/C19H23N3O3S/c1-3-25-15-10-14(19(15)7-4-8-19)21-16(23)11-5-6-12-13(9-11)20-18(26)22(2)17(12)24/h5-6,9,14-15H,3-4,7-8,10H2,1-2H3,(H,20,26)(H,21,23)/t14-,15-/m0/s1. The number of benzene rings is 1. The van der Waals surface area contributed by atoms with Crippen LogP contribution >= 0.6 is 12.2 Å². The maximum Gasteiger partial charge on any atom is 0.261 e. The van der Waals surface area contributed by atoms with Gasteiger partial charge in [0.25, 0.3) is 11.5 Å². The van der Waals surface area contributed by atoms with Crippen molar-refractivity contribution < 1.29 is 9.53 Å². The Balaban J connectivity index is 1.57. The Hall–Kier alpha value is -1.99. The molecule has 2 N–H and O–H groups in total. The second-order valence-electron chi connectivity index (χ2n) is 7.35. The summed E-state index contributed by atoms with van der Waals surface area (Å²) in [7, 11) is 1.63. The van der Waals surface area contributed by atoms with Crippen LogP contribution in [0, 0.1) is 10.2 Å². The van der Waals surface area contributed by atoms with E-state index in [4.69, 9.17) is 17.0 Å². The molecule has 4 rings (SSSR count). The molecule has 7 heteroatoms. The zero-order chi connectivity index (χ0) is 18.5. The summed E-state index contributed by atoms with van der Waals surface area (Å²) in [6.07, 6.45) is 4.57. The summed E-state index contributed by atoms with van der Waals surface area (Å²) in [4.78, 5) is 28.0. The van der Waals surface area contributed by atoms with Crippen molar-refractivity contribution in [1.82, 2.24) is 14.9 Å². The van der Waals surface area contributed by atoms with Crippen LogP contribution in [0.2, 0.25) is 0 Å². The summed E-state index contributed by atoms with van der Waals surface area (Å²) >= 11 is 5.16. The topological polar surface area (TPSA) is 76.1 Å². The Morgan fingerprint density at radius 1 is 1.46 bits per heavy atom. The number of hydrogen-bond acceptors (Lipinski definition) is 4. The van der Waals surface area contributed by atoms with E-state index in [9.17, 15) is 9.59 Å². The van der Waals surface area contributed by atoms with Gasteiger partial charge in [-0.3, -0.25) is 14.2 Å². The molecule has 2 saturated carbocycles. The van der Waals surface area contributed by atoms with E-state index in [0.29, 0.717) is 27.8 Å². The van der Waals surface area contributed by atoms with Crippen LogP contribution in [0.25, 0.3) is 10.9 Å². The molecule has 0 bridgehead atoms. The van der Waals surface area contributed by atoms with Crippen LogP contribution in [0.15, 0.2) is 23.0 Å². The molecule has 26 heavy (non-hydrogen) atoms. The highest BCUT2D eigenvalue weighted by molar-refractivity contribution is 7.71. The van der Waals surface area contributed by atoms with Gasteiger partial charge in [-0.1, -0.05) is 6.42 Å². The minimum Gasteiger partial charge on any atom is -0.378 e. The number of amides is 1. The first-order valence-corrected chi connectivity index (χ1v) is 9.52. The number of carbonyl (C=O) groups excluding carboxylic acids is 1. The van der Waals surface area contributed by atoms with Crippen molar-refractivity contribution in [2.75, 3.05) is 6.61 Å². The van der Waals surface area contributed by atoms with Crippen LogP contribution in [0.3, 0.4) is 0 Å². The van der Waals surface area contributed by atoms with E-state index in [1.165, 1.54) is 11.0 Å². The van der Waals surface area contributed by atoms with E-state index < -0.39 is 0 Å². The molecule has 6 nitrogen and oxygen atoms in total. The molecule has 1 heterocycles. The Bertz CT molecular complexity index is 990. The van der Waals surface area contributed by atoms with E-state index in [2.05, 4.69) is 10.3 Å². The van der Waals surface area contributed by atoms with Gasteiger partial charge >= 0.3 is 0 Å². The van der Waals surface area contributed by atoms with E-state index >= 15 is 0 Å². The third-order valence-electron chi connectivity index (χ3n) is 6.11. The molecule has 0 aliphatic heterocycles. The predicted molar refractivity (Wildman–Crippen MR) is 102 cm³/mol. The number of ether oxygens (including phenoxy) is 1. The van der Waals surface area contributed by atoms with Gasteiger partial charge in [0.05, 0.1) is 17.0 Å². The number of fused-ring (bicyclic) bond motifs is 1.